The van der Waals surface area contributed by atoms with E-state index in [2.05, 4.69) is 79.6 Å². The second-order valence-corrected chi connectivity index (χ2v) is 7.13. The van der Waals surface area contributed by atoms with Gasteiger partial charge in [0, 0.05) is 21.5 Å². The zero-order chi connectivity index (χ0) is 13.9. The summed E-state index contributed by atoms with van der Waals surface area (Å²) in [5.74, 6) is 0. The van der Waals surface area contributed by atoms with Crippen LogP contribution >= 0.6 is 31.9 Å². The molecule has 0 spiro atoms. The first-order valence-electron chi connectivity index (χ1n) is 6.98. The van der Waals surface area contributed by atoms with Gasteiger partial charge in [0.1, 0.15) is 0 Å². The van der Waals surface area contributed by atoms with Gasteiger partial charge in [0.15, 0.2) is 0 Å². The minimum atomic E-state index is 0.484. The highest BCUT2D eigenvalue weighted by atomic mass is 79.9. The molecule has 0 saturated heterocycles. The van der Waals surface area contributed by atoms with Crippen LogP contribution in [0.15, 0.2) is 51.4 Å². The van der Waals surface area contributed by atoms with Gasteiger partial charge in [-0.05, 0) is 54.2 Å². The summed E-state index contributed by atoms with van der Waals surface area (Å²) in [7, 11) is 0. The van der Waals surface area contributed by atoms with Gasteiger partial charge < -0.3 is 5.32 Å². The molecular formula is C17H17Br2N. The lowest BCUT2D eigenvalue weighted by Crippen LogP contribution is -2.24. The first-order chi connectivity index (χ1) is 9.72. The van der Waals surface area contributed by atoms with Crippen LogP contribution in [0, 0.1) is 0 Å². The highest BCUT2D eigenvalue weighted by Gasteiger charge is 2.18. The van der Waals surface area contributed by atoms with Crippen molar-refractivity contribution in [3.05, 3.63) is 68.1 Å². The molecule has 20 heavy (non-hydrogen) atoms. The largest absolute Gasteiger partial charge is 0.306 e. The van der Waals surface area contributed by atoms with E-state index in [0.29, 0.717) is 6.04 Å². The van der Waals surface area contributed by atoms with Crippen molar-refractivity contribution >= 4 is 31.9 Å². The summed E-state index contributed by atoms with van der Waals surface area (Å²) < 4.78 is 2.24. The molecule has 3 heteroatoms. The summed E-state index contributed by atoms with van der Waals surface area (Å²) in [4.78, 5) is 0. The zero-order valence-electron chi connectivity index (χ0n) is 11.2. The Kier molecular flexibility index (Phi) is 4.59. The van der Waals surface area contributed by atoms with Gasteiger partial charge in [0.05, 0.1) is 0 Å². The van der Waals surface area contributed by atoms with Crippen molar-refractivity contribution in [1.29, 1.82) is 0 Å². The van der Waals surface area contributed by atoms with Gasteiger partial charge in [0.2, 0.25) is 0 Å². The van der Waals surface area contributed by atoms with Gasteiger partial charge in [-0.15, -0.1) is 0 Å². The van der Waals surface area contributed by atoms with Crippen molar-refractivity contribution in [3.63, 3.8) is 0 Å². The van der Waals surface area contributed by atoms with Crippen molar-refractivity contribution < 1.29 is 0 Å². The maximum atomic E-state index is 3.71. The minimum absolute atomic E-state index is 0.484. The molecular weight excluding hydrogens is 378 g/mol. The molecule has 2 aromatic rings. The van der Waals surface area contributed by atoms with E-state index in [4.69, 9.17) is 0 Å². The summed E-state index contributed by atoms with van der Waals surface area (Å²) in [6.07, 6.45) is 3.72. The molecule has 104 valence electrons. The third kappa shape index (κ3) is 3.33. The minimum Gasteiger partial charge on any atom is -0.306 e. The van der Waals surface area contributed by atoms with Crippen LogP contribution in [0.2, 0.25) is 0 Å². The van der Waals surface area contributed by atoms with E-state index in [0.717, 1.165) is 15.5 Å². The number of halogens is 2. The zero-order valence-corrected chi connectivity index (χ0v) is 14.4. The summed E-state index contributed by atoms with van der Waals surface area (Å²) >= 11 is 7.09. The number of rotatable bonds is 3. The first-order valence-corrected chi connectivity index (χ1v) is 8.57. The Morgan fingerprint density at radius 3 is 2.60 bits per heavy atom. The summed E-state index contributed by atoms with van der Waals surface area (Å²) in [6, 6.07) is 15.7. The third-order valence-corrected chi connectivity index (χ3v) is 4.76. The quantitative estimate of drug-likeness (QED) is 0.736. The van der Waals surface area contributed by atoms with Crippen molar-refractivity contribution in [1.82, 2.24) is 5.32 Å². The van der Waals surface area contributed by atoms with Crippen molar-refractivity contribution in [2.75, 3.05) is 0 Å². The van der Waals surface area contributed by atoms with Crippen LogP contribution in [-0.2, 0) is 13.0 Å². The molecule has 0 amide bonds. The van der Waals surface area contributed by atoms with E-state index in [1.807, 2.05) is 0 Å². The van der Waals surface area contributed by atoms with E-state index in [-0.39, 0.29) is 0 Å². The van der Waals surface area contributed by atoms with E-state index in [9.17, 15) is 0 Å². The van der Waals surface area contributed by atoms with Crippen LogP contribution < -0.4 is 5.32 Å². The van der Waals surface area contributed by atoms with Crippen molar-refractivity contribution in [2.24, 2.45) is 0 Å². The Bertz CT molecular complexity index is 589. The van der Waals surface area contributed by atoms with Crippen LogP contribution in [0.1, 0.15) is 35.6 Å². The molecule has 0 unspecified atom stereocenters. The van der Waals surface area contributed by atoms with Gasteiger partial charge in [-0.3, -0.25) is 0 Å². The van der Waals surface area contributed by atoms with Crippen LogP contribution in [0.3, 0.4) is 0 Å². The van der Waals surface area contributed by atoms with E-state index in [1.54, 1.807) is 0 Å². The second kappa shape index (κ2) is 6.42. The molecule has 0 saturated carbocycles. The average molecular weight is 395 g/mol. The number of nitrogens with one attached hydrogen (secondary N) is 1. The van der Waals surface area contributed by atoms with Gasteiger partial charge in [-0.2, -0.15) is 0 Å². The molecule has 3 rings (SSSR count). The molecule has 0 heterocycles. The fourth-order valence-electron chi connectivity index (χ4n) is 2.92. The summed E-state index contributed by atoms with van der Waals surface area (Å²) in [6.45, 7) is 0.900. The summed E-state index contributed by atoms with van der Waals surface area (Å²) in [5, 5.41) is 3.71. The van der Waals surface area contributed by atoms with Gasteiger partial charge in [0.25, 0.3) is 0 Å². The SMILES string of the molecule is Brc1cc(Br)cc(CN[C@H]2CCCc3ccccc32)c1. The highest BCUT2D eigenvalue weighted by molar-refractivity contribution is 9.11. The highest BCUT2D eigenvalue weighted by Crippen LogP contribution is 2.30. The van der Waals surface area contributed by atoms with Crippen LogP contribution in [0.5, 0.6) is 0 Å². The Morgan fingerprint density at radius 1 is 1.05 bits per heavy atom. The lowest BCUT2D eigenvalue weighted by Gasteiger charge is -2.26. The monoisotopic (exact) mass is 393 g/mol. The Labute approximate surface area is 137 Å². The molecule has 1 aliphatic carbocycles. The van der Waals surface area contributed by atoms with Gasteiger partial charge in [-0.25, -0.2) is 0 Å². The number of benzene rings is 2. The molecule has 1 nitrogen and oxygen atoms in total. The fourth-order valence-corrected chi connectivity index (χ4v) is 4.31. The first kappa shape index (κ1) is 14.3. The molecule has 0 aliphatic heterocycles. The topological polar surface area (TPSA) is 12.0 Å². The molecule has 1 aliphatic rings. The molecule has 1 atom stereocenters. The Hall–Kier alpha value is -0.640. The number of hydrogen-bond donors (Lipinski definition) is 1. The maximum Gasteiger partial charge on any atom is 0.0326 e. The van der Waals surface area contributed by atoms with E-state index >= 15 is 0 Å². The molecule has 0 radical (unpaired) electrons. The lowest BCUT2D eigenvalue weighted by molar-refractivity contribution is 0.459. The van der Waals surface area contributed by atoms with Crippen LogP contribution in [-0.4, -0.2) is 0 Å². The van der Waals surface area contributed by atoms with Crippen LogP contribution in [0.25, 0.3) is 0 Å². The molecule has 2 aromatic carbocycles. The summed E-state index contributed by atoms with van der Waals surface area (Å²) in [5.41, 5.74) is 4.29. The number of hydrogen-bond acceptors (Lipinski definition) is 1. The van der Waals surface area contributed by atoms with E-state index in [1.165, 1.54) is 36.0 Å². The molecule has 0 aromatic heterocycles. The van der Waals surface area contributed by atoms with Gasteiger partial charge >= 0.3 is 0 Å². The predicted molar refractivity (Wildman–Crippen MR) is 90.8 cm³/mol. The maximum absolute atomic E-state index is 3.71. The fraction of sp³-hybridized carbons (Fsp3) is 0.294. The predicted octanol–water partition coefficient (Wildman–Crippen LogP) is 5.38. The Morgan fingerprint density at radius 2 is 1.80 bits per heavy atom. The standard InChI is InChI=1S/C17H17Br2N/c18-14-8-12(9-15(19)10-14)11-20-17-7-3-5-13-4-1-2-6-16(13)17/h1-2,4,6,8-10,17,20H,3,5,7,11H2/t17-/m0/s1. The van der Waals surface area contributed by atoms with Crippen molar-refractivity contribution in [3.8, 4) is 0 Å². The lowest BCUT2D eigenvalue weighted by atomic mass is 9.87. The van der Waals surface area contributed by atoms with E-state index < -0.39 is 0 Å². The number of aryl methyl sites for hydroxylation is 1. The molecule has 1 N–H and O–H groups in total. The molecule has 0 bridgehead atoms. The number of fused-ring (bicyclic) bond motifs is 1. The Balaban J connectivity index is 1.73. The second-order valence-electron chi connectivity index (χ2n) is 5.30. The van der Waals surface area contributed by atoms with Crippen molar-refractivity contribution in [2.45, 2.75) is 31.8 Å². The third-order valence-electron chi connectivity index (χ3n) is 3.84. The average Bonchev–Trinajstić information content (AvgIpc) is 2.44. The van der Waals surface area contributed by atoms with Gasteiger partial charge in [-0.1, -0.05) is 56.1 Å². The van der Waals surface area contributed by atoms with Crippen LogP contribution in [0.4, 0.5) is 0 Å². The molecule has 0 fully saturated rings. The normalized spacial score (nSPS) is 17.8. The smallest absolute Gasteiger partial charge is 0.0326 e.